The van der Waals surface area contributed by atoms with Crippen LogP contribution in [0, 0.1) is 0 Å². The second-order valence-corrected chi connectivity index (χ2v) is 5.58. The molecule has 1 aliphatic carbocycles. The van der Waals surface area contributed by atoms with Crippen LogP contribution < -0.4 is 5.32 Å². The van der Waals surface area contributed by atoms with Crippen LogP contribution in [0.2, 0.25) is 0 Å². The first-order valence-corrected chi connectivity index (χ1v) is 6.86. The monoisotopic (exact) mass is 230 g/mol. The number of benzene rings is 1. The van der Waals surface area contributed by atoms with Gasteiger partial charge in [-0.2, -0.15) is 0 Å². The zero-order valence-electron chi connectivity index (χ0n) is 10.6. The number of hydrogen-bond acceptors (Lipinski definition) is 2. The van der Waals surface area contributed by atoms with Crippen molar-refractivity contribution in [1.82, 2.24) is 10.2 Å². The molecule has 0 spiro atoms. The first kappa shape index (κ1) is 11.2. The lowest BCUT2D eigenvalue weighted by molar-refractivity contribution is 0.144. The van der Waals surface area contributed by atoms with Crippen LogP contribution in [0.1, 0.15) is 31.7 Å². The van der Waals surface area contributed by atoms with Gasteiger partial charge < -0.3 is 5.32 Å². The molecule has 2 nitrogen and oxygen atoms in total. The van der Waals surface area contributed by atoms with Crippen LogP contribution in [0.15, 0.2) is 30.3 Å². The maximum Gasteiger partial charge on any atom is 0.0240 e. The van der Waals surface area contributed by atoms with Crippen molar-refractivity contribution >= 4 is 0 Å². The molecule has 1 heterocycles. The third-order valence-corrected chi connectivity index (χ3v) is 4.35. The Bertz CT molecular complexity index is 362. The molecule has 3 unspecified atom stereocenters. The van der Waals surface area contributed by atoms with Crippen molar-refractivity contribution in [3.8, 4) is 0 Å². The lowest BCUT2D eigenvalue weighted by Gasteiger charge is -2.33. The van der Waals surface area contributed by atoms with Crippen LogP contribution in [0.4, 0.5) is 0 Å². The van der Waals surface area contributed by atoms with E-state index in [9.17, 15) is 0 Å². The Morgan fingerprint density at radius 3 is 2.88 bits per heavy atom. The normalized spacial score (nSPS) is 33.6. The fourth-order valence-corrected chi connectivity index (χ4v) is 3.34. The molecule has 3 atom stereocenters. The predicted molar refractivity (Wildman–Crippen MR) is 70.9 cm³/mol. The van der Waals surface area contributed by atoms with Crippen LogP contribution in [0.3, 0.4) is 0 Å². The smallest absolute Gasteiger partial charge is 0.0240 e. The fourth-order valence-electron chi connectivity index (χ4n) is 3.34. The van der Waals surface area contributed by atoms with E-state index < -0.39 is 0 Å². The van der Waals surface area contributed by atoms with E-state index in [0.717, 1.165) is 25.2 Å². The molecule has 2 fully saturated rings. The van der Waals surface area contributed by atoms with Gasteiger partial charge in [-0.15, -0.1) is 0 Å². The molecule has 2 aliphatic rings. The Balaban J connectivity index is 1.75. The van der Waals surface area contributed by atoms with Crippen LogP contribution >= 0.6 is 0 Å². The Kier molecular flexibility index (Phi) is 3.17. The molecule has 3 rings (SSSR count). The van der Waals surface area contributed by atoms with Gasteiger partial charge in [-0.05, 0) is 31.7 Å². The third kappa shape index (κ3) is 2.38. The summed E-state index contributed by atoms with van der Waals surface area (Å²) in [4.78, 5) is 2.70. The third-order valence-electron chi connectivity index (χ3n) is 4.35. The lowest BCUT2D eigenvalue weighted by Crippen LogP contribution is -2.43. The largest absolute Gasteiger partial charge is 0.312 e. The van der Waals surface area contributed by atoms with E-state index >= 15 is 0 Å². The van der Waals surface area contributed by atoms with Gasteiger partial charge in [0, 0.05) is 31.2 Å². The van der Waals surface area contributed by atoms with Crippen molar-refractivity contribution in [1.29, 1.82) is 0 Å². The SMILES string of the molecule is CC1CNC2CCC(C2)N1Cc1ccccc1. The van der Waals surface area contributed by atoms with Crippen molar-refractivity contribution in [3.63, 3.8) is 0 Å². The molecule has 2 heteroatoms. The molecule has 1 saturated carbocycles. The van der Waals surface area contributed by atoms with Crippen LogP contribution in [0.5, 0.6) is 0 Å². The minimum absolute atomic E-state index is 0.658. The van der Waals surface area contributed by atoms with Gasteiger partial charge in [0.15, 0.2) is 0 Å². The molecule has 1 aliphatic heterocycles. The van der Waals surface area contributed by atoms with Gasteiger partial charge in [0.1, 0.15) is 0 Å². The van der Waals surface area contributed by atoms with Gasteiger partial charge in [0.05, 0.1) is 0 Å². The standard InChI is InChI=1S/C15H22N2/c1-12-10-16-14-7-8-15(9-14)17(12)11-13-5-3-2-4-6-13/h2-6,12,14-16H,7-11H2,1H3. The van der Waals surface area contributed by atoms with Crippen LogP contribution in [0.25, 0.3) is 0 Å². The minimum atomic E-state index is 0.658. The zero-order valence-corrected chi connectivity index (χ0v) is 10.6. The second-order valence-electron chi connectivity index (χ2n) is 5.58. The van der Waals surface area contributed by atoms with E-state index in [1.54, 1.807) is 0 Å². The highest BCUT2D eigenvalue weighted by Crippen LogP contribution is 2.29. The van der Waals surface area contributed by atoms with Crippen molar-refractivity contribution < 1.29 is 0 Å². The lowest BCUT2D eigenvalue weighted by atomic mass is 10.1. The Hall–Kier alpha value is -0.860. The summed E-state index contributed by atoms with van der Waals surface area (Å²) >= 11 is 0. The average molecular weight is 230 g/mol. The van der Waals surface area contributed by atoms with Crippen molar-refractivity contribution in [2.45, 2.75) is 50.9 Å². The van der Waals surface area contributed by atoms with Crippen LogP contribution in [-0.4, -0.2) is 29.6 Å². The number of rotatable bonds is 2. The minimum Gasteiger partial charge on any atom is -0.312 e. The highest BCUT2D eigenvalue weighted by atomic mass is 15.2. The fraction of sp³-hybridized carbons (Fsp3) is 0.600. The molecule has 0 aromatic heterocycles. The number of nitrogens with one attached hydrogen (secondary N) is 1. The molecule has 0 amide bonds. The topological polar surface area (TPSA) is 15.3 Å². The summed E-state index contributed by atoms with van der Waals surface area (Å²) in [7, 11) is 0. The summed E-state index contributed by atoms with van der Waals surface area (Å²) in [6.07, 6.45) is 4.08. The van der Waals surface area contributed by atoms with E-state index in [-0.39, 0.29) is 0 Å². The van der Waals surface area contributed by atoms with E-state index in [0.29, 0.717) is 6.04 Å². The van der Waals surface area contributed by atoms with Gasteiger partial charge in [0.25, 0.3) is 0 Å². The molecular weight excluding hydrogens is 208 g/mol. The van der Waals surface area contributed by atoms with E-state index in [2.05, 4.69) is 47.5 Å². The molecule has 1 N–H and O–H groups in total. The average Bonchev–Trinajstić information content (AvgIpc) is 2.77. The Labute approximate surface area is 104 Å². The number of fused-ring (bicyclic) bond motifs is 2. The summed E-state index contributed by atoms with van der Waals surface area (Å²) in [6, 6.07) is 13.1. The highest BCUT2D eigenvalue weighted by molar-refractivity contribution is 5.15. The van der Waals surface area contributed by atoms with Gasteiger partial charge in [-0.1, -0.05) is 30.3 Å². The predicted octanol–water partition coefficient (Wildman–Crippen LogP) is 2.40. The Morgan fingerprint density at radius 1 is 1.24 bits per heavy atom. The zero-order chi connectivity index (χ0) is 11.7. The maximum atomic E-state index is 3.70. The van der Waals surface area contributed by atoms with Crippen molar-refractivity contribution in [3.05, 3.63) is 35.9 Å². The van der Waals surface area contributed by atoms with Gasteiger partial charge in [-0.25, -0.2) is 0 Å². The number of hydrogen-bond donors (Lipinski definition) is 1. The summed E-state index contributed by atoms with van der Waals surface area (Å²) in [5.74, 6) is 0. The highest BCUT2D eigenvalue weighted by Gasteiger charge is 2.34. The first-order chi connectivity index (χ1) is 8.33. The molecule has 17 heavy (non-hydrogen) atoms. The van der Waals surface area contributed by atoms with E-state index in [4.69, 9.17) is 0 Å². The summed E-state index contributed by atoms with van der Waals surface area (Å²) in [5, 5.41) is 3.70. The van der Waals surface area contributed by atoms with Gasteiger partial charge in [0.2, 0.25) is 0 Å². The summed E-state index contributed by atoms with van der Waals surface area (Å²) in [6.45, 7) is 4.62. The van der Waals surface area contributed by atoms with Crippen molar-refractivity contribution in [2.24, 2.45) is 0 Å². The molecule has 0 radical (unpaired) electrons. The molecular formula is C15H22N2. The second kappa shape index (κ2) is 4.79. The van der Waals surface area contributed by atoms with E-state index in [1.165, 1.54) is 24.8 Å². The molecule has 1 saturated heterocycles. The quantitative estimate of drug-likeness (QED) is 0.839. The Morgan fingerprint density at radius 2 is 2.06 bits per heavy atom. The molecule has 1 aromatic rings. The summed E-state index contributed by atoms with van der Waals surface area (Å²) in [5.41, 5.74) is 1.45. The molecule has 92 valence electrons. The summed E-state index contributed by atoms with van der Waals surface area (Å²) < 4.78 is 0. The van der Waals surface area contributed by atoms with Gasteiger partial charge in [-0.3, -0.25) is 4.90 Å². The first-order valence-electron chi connectivity index (χ1n) is 6.86. The molecule has 2 bridgehead atoms. The van der Waals surface area contributed by atoms with Gasteiger partial charge >= 0.3 is 0 Å². The maximum absolute atomic E-state index is 3.70. The molecule has 1 aromatic carbocycles. The van der Waals surface area contributed by atoms with E-state index in [1.807, 2.05) is 0 Å². The van der Waals surface area contributed by atoms with Crippen LogP contribution in [-0.2, 0) is 6.54 Å². The van der Waals surface area contributed by atoms with Crippen molar-refractivity contribution in [2.75, 3.05) is 6.54 Å². The number of nitrogens with zero attached hydrogens (tertiary/aromatic N) is 1.